The highest BCUT2D eigenvalue weighted by Gasteiger charge is 2.31. The fourth-order valence-corrected chi connectivity index (χ4v) is 2.47. The number of amides is 2. The van der Waals surface area contributed by atoms with Gasteiger partial charge in [-0.05, 0) is 25.2 Å². The van der Waals surface area contributed by atoms with E-state index in [1.54, 1.807) is 0 Å². The molecule has 1 aliphatic rings. The van der Waals surface area contributed by atoms with Crippen LogP contribution < -0.4 is 10.6 Å². The van der Waals surface area contributed by atoms with Crippen molar-refractivity contribution in [1.82, 2.24) is 10.6 Å². The predicted octanol–water partition coefficient (Wildman–Crippen LogP) is 0.568. The van der Waals surface area contributed by atoms with Gasteiger partial charge in [-0.3, -0.25) is 9.59 Å². The van der Waals surface area contributed by atoms with Crippen molar-refractivity contribution in [3.8, 4) is 0 Å². The van der Waals surface area contributed by atoms with Gasteiger partial charge in [-0.2, -0.15) is 0 Å². The van der Waals surface area contributed by atoms with Crippen LogP contribution in [0, 0.1) is 5.92 Å². The third-order valence-corrected chi connectivity index (χ3v) is 3.57. The number of carbonyl (C=O) groups excluding carboxylic acids is 2. The molecule has 1 saturated carbocycles. The fraction of sp³-hybridized carbons (Fsp3) is 0.846. The summed E-state index contributed by atoms with van der Waals surface area (Å²) in [6.07, 6.45) is 4.87. The Morgan fingerprint density at radius 1 is 1.28 bits per heavy atom. The second kappa shape index (κ2) is 7.36. The van der Waals surface area contributed by atoms with Gasteiger partial charge in [-0.25, -0.2) is 0 Å². The summed E-state index contributed by atoms with van der Waals surface area (Å²) in [4.78, 5) is 23.4. The van der Waals surface area contributed by atoms with Crippen molar-refractivity contribution in [3.05, 3.63) is 0 Å². The molecule has 0 bridgehead atoms. The molecule has 2 atom stereocenters. The fourth-order valence-electron chi connectivity index (χ4n) is 2.47. The lowest BCUT2D eigenvalue weighted by atomic mass is 9.97. The van der Waals surface area contributed by atoms with Crippen LogP contribution in [0.2, 0.25) is 0 Å². The second-order valence-corrected chi connectivity index (χ2v) is 5.02. The first-order valence-corrected chi connectivity index (χ1v) is 6.76. The molecule has 2 unspecified atom stereocenters. The molecule has 1 fully saturated rings. The molecule has 0 aromatic carbocycles. The lowest BCUT2D eigenvalue weighted by molar-refractivity contribution is -0.130. The number of rotatable bonds is 6. The zero-order chi connectivity index (χ0) is 13.5. The van der Waals surface area contributed by atoms with Gasteiger partial charge in [0, 0.05) is 6.92 Å². The van der Waals surface area contributed by atoms with Gasteiger partial charge in [-0.1, -0.05) is 19.8 Å². The summed E-state index contributed by atoms with van der Waals surface area (Å²) in [7, 11) is 0. The molecule has 2 amide bonds. The Morgan fingerprint density at radius 3 is 2.33 bits per heavy atom. The van der Waals surface area contributed by atoms with Gasteiger partial charge in [0.1, 0.15) is 6.04 Å². The predicted molar refractivity (Wildman–Crippen MR) is 68.9 cm³/mol. The molecule has 5 nitrogen and oxygen atoms in total. The summed E-state index contributed by atoms with van der Waals surface area (Å²) < 4.78 is 0. The number of hydrogen-bond donors (Lipinski definition) is 3. The summed E-state index contributed by atoms with van der Waals surface area (Å²) in [5, 5.41) is 14.6. The van der Waals surface area contributed by atoms with E-state index >= 15 is 0 Å². The van der Waals surface area contributed by atoms with Gasteiger partial charge in [-0.15, -0.1) is 0 Å². The molecule has 1 rings (SSSR count). The van der Waals surface area contributed by atoms with E-state index in [4.69, 9.17) is 5.11 Å². The van der Waals surface area contributed by atoms with Crippen LogP contribution in [0.15, 0.2) is 0 Å². The van der Waals surface area contributed by atoms with E-state index in [1.165, 1.54) is 6.92 Å². The number of carbonyl (C=O) groups is 2. The lowest BCUT2D eigenvalue weighted by Gasteiger charge is -2.25. The normalized spacial score (nSPS) is 19.3. The Bertz CT molecular complexity index is 284. The third-order valence-electron chi connectivity index (χ3n) is 3.57. The van der Waals surface area contributed by atoms with Crippen molar-refractivity contribution in [3.63, 3.8) is 0 Å². The molecular weight excluding hydrogens is 232 g/mol. The molecule has 0 spiro atoms. The van der Waals surface area contributed by atoms with Gasteiger partial charge in [0.25, 0.3) is 0 Å². The molecule has 0 aliphatic heterocycles. The Hall–Kier alpha value is -1.10. The van der Waals surface area contributed by atoms with Crippen molar-refractivity contribution in [2.24, 2.45) is 5.92 Å². The Morgan fingerprint density at radius 2 is 1.89 bits per heavy atom. The zero-order valence-corrected chi connectivity index (χ0v) is 11.2. The van der Waals surface area contributed by atoms with E-state index in [1.807, 2.05) is 6.92 Å². The second-order valence-electron chi connectivity index (χ2n) is 5.02. The summed E-state index contributed by atoms with van der Waals surface area (Å²) in [6, 6.07) is -0.680. The molecule has 0 aromatic rings. The third kappa shape index (κ3) is 4.29. The average Bonchev–Trinajstić information content (AvgIpc) is 2.86. The van der Waals surface area contributed by atoms with Gasteiger partial charge in [0.05, 0.1) is 12.6 Å². The molecule has 104 valence electrons. The number of aliphatic hydroxyl groups is 1. The Balaban J connectivity index is 2.62. The standard InChI is InChI=1S/C13H24N2O3/c1-3-11(8-16)15-13(18)12(14-9(2)17)10-6-4-5-7-10/h10-12,16H,3-8H2,1-2H3,(H,14,17)(H,15,18). The van der Waals surface area contributed by atoms with Crippen LogP contribution >= 0.6 is 0 Å². The van der Waals surface area contributed by atoms with Gasteiger partial charge < -0.3 is 15.7 Å². The summed E-state index contributed by atoms with van der Waals surface area (Å²) in [5.41, 5.74) is 0. The molecule has 3 N–H and O–H groups in total. The van der Waals surface area contributed by atoms with Crippen LogP contribution in [-0.4, -0.2) is 35.6 Å². The quantitative estimate of drug-likeness (QED) is 0.650. The van der Waals surface area contributed by atoms with Crippen LogP contribution in [0.1, 0.15) is 46.0 Å². The van der Waals surface area contributed by atoms with Crippen LogP contribution in [0.3, 0.4) is 0 Å². The molecule has 0 heterocycles. The summed E-state index contributed by atoms with van der Waals surface area (Å²) in [5.74, 6) is -0.123. The maximum Gasteiger partial charge on any atom is 0.243 e. The first kappa shape index (κ1) is 15.0. The van der Waals surface area contributed by atoms with Crippen molar-refractivity contribution in [2.45, 2.75) is 58.0 Å². The van der Waals surface area contributed by atoms with E-state index < -0.39 is 6.04 Å². The molecule has 0 radical (unpaired) electrons. The highest BCUT2D eigenvalue weighted by molar-refractivity contribution is 5.87. The topological polar surface area (TPSA) is 78.4 Å². The minimum Gasteiger partial charge on any atom is -0.394 e. The van der Waals surface area contributed by atoms with Crippen molar-refractivity contribution in [2.75, 3.05) is 6.61 Å². The van der Waals surface area contributed by atoms with Crippen molar-refractivity contribution < 1.29 is 14.7 Å². The van der Waals surface area contributed by atoms with Crippen LogP contribution in [0.25, 0.3) is 0 Å². The van der Waals surface area contributed by atoms with Gasteiger partial charge in [0.15, 0.2) is 0 Å². The minimum absolute atomic E-state index is 0.0697. The first-order chi connectivity index (χ1) is 8.58. The minimum atomic E-state index is -0.453. The molecule has 0 aromatic heterocycles. The summed E-state index contributed by atoms with van der Waals surface area (Å²) >= 11 is 0. The molecular formula is C13H24N2O3. The van der Waals surface area contributed by atoms with E-state index in [9.17, 15) is 9.59 Å². The van der Waals surface area contributed by atoms with Gasteiger partial charge in [0.2, 0.25) is 11.8 Å². The summed E-state index contributed by atoms with van der Waals surface area (Å²) in [6.45, 7) is 3.27. The maximum atomic E-state index is 12.2. The zero-order valence-electron chi connectivity index (χ0n) is 11.2. The smallest absolute Gasteiger partial charge is 0.243 e. The highest BCUT2D eigenvalue weighted by atomic mass is 16.3. The maximum absolute atomic E-state index is 12.2. The Labute approximate surface area is 108 Å². The monoisotopic (exact) mass is 256 g/mol. The molecule has 1 aliphatic carbocycles. The van der Waals surface area contributed by atoms with Crippen LogP contribution in [-0.2, 0) is 9.59 Å². The van der Waals surface area contributed by atoms with Crippen molar-refractivity contribution in [1.29, 1.82) is 0 Å². The van der Waals surface area contributed by atoms with Gasteiger partial charge >= 0.3 is 0 Å². The molecule has 18 heavy (non-hydrogen) atoms. The SMILES string of the molecule is CCC(CO)NC(=O)C(NC(C)=O)C1CCCC1. The molecule has 5 heteroatoms. The Kier molecular flexibility index (Phi) is 6.12. The first-order valence-electron chi connectivity index (χ1n) is 6.76. The lowest BCUT2D eigenvalue weighted by Crippen LogP contribution is -2.52. The van der Waals surface area contributed by atoms with Crippen molar-refractivity contribution >= 4 is 11.8 Å². The molecule has 0 saturated heterocycles. The average molecular weight is 256 g/mol. The number of nitrogens with one attached hydrogen (secondary N) is 2. The number of aliphatic hydroxyl groups excluding tert-OH is 1. The van der Waals surface area contributed by atoms with E-state index in [-0.39, 0.29) is 30.4 Å². The van der Waals surface area contributed by atoms with E-state index in [0.29, 0.717) is 6.42 Å². The number of hydrogen-bond acceptors (Lipinski definition) is 3. The van der Waals surface area contributed by atoms with Crippen LogP contribution in [0.5, 0.6) is 0 Å². The van der Waals surface area contributed by atoms with E-state index in [0.717, 1.165) is 25.7 Å². The van der Waals surface area contributed by atoms with E-state index in [2.05, 4.69) is 10.6 Å². The van der Waals surface area contributed by atoms with Crippen LogP contribution in [0.4, 0.5) is 0 Å². The highest BCUT2D eigenvalue weighted by Crippen LogP contribution is 2.27. The largest absolute Gasteiger partial charge is 0.394 e.